The summed E-state index contributed by atoms with van der Waals surface area (Å²) >= 11 is 0. The van der Waals surface area contributed by atoms with Crippen molar-refractivity contribution >= 4 is 23.5 Å². The molecule has 0 saturated heterocycles. The zero-order valence-corrected chi connectivity index (χ0v) is 13.1. The Morgan fingerprint density at radius 3 is 2.32 bits per heavy atom. The van der Waals surface area contributed by atoms with Crippen molar-refractivity contribution < 1.29 is 0 Å². The molecule has 116 valence electrons. The lowest BCUT2D eigenvalue weighted by molar-refractivity contribution is 0.813. The van der Waals surface area contributed by atoms with Crippen LogP contribution in [0.1, 0.15) is 26.7 Å². The van der Waals surface area contributed by atoms with Gasteiger partial charge in [-0.15, -0.1) is 0 Å². The van der Waals surface area contributed by atoms with Crippen LogP contribution in [0.25, 0.3) is 0 Å². The highest BCUT2D eigenvalue weighted by Crippen LogP contribution is 2.24. The molecule has 0 aliphatic heterocycles. The van der Waals surface area contributed by atoms with E-state index in [2.05, 4.69) is 44.3 Å². The van der Waals surface area contributed by atoms with Gasteiger partial charge >= 0.3 is 0 Å². The maximum Gasteiger partial charge on any atom is 0.233 e. The highest BCUT2D eigenvalue weighted by atomic mass is 15.3. The predicted molar refractivity (Wildman–Crippen MR) is 89.8 cm³/mol. The minimum Gasteiger partial charge on any atom is -0.351 e. The number of hydrogen-bond donors (Lipinski definition) is 2. The Morgan fingerprint density at radius 2 is 1.68 bits per heavy atom. The monoisotopic (exact) mass is 298 g/mol. The lowest BCUT2D eigenvalue weighted by atomic mass is 10.3. The molecule has 1 aromatic heterocycles. The molecule has 0 atom stereocenters. The van der Waals surface area contributed by atoms with E-state index in [4.69, 9.17) is 0 Å². The number of benzene rings is 1. The molecule has 2 aromatic rings. The zero-order chi connectivity index (χ0) is 15.4. The molecule has 0 radical (unpaired) electrons. The van der Waals surface area contributed by atoms with E-state index in [1.165, 1.54) is 12.8 Å². The summed E-state index contributed by atoms with van der Waals surface area (Å²) in [4.78, 5) is 15.7. The fourth-order valence-corrected chi connectivity index (χ4v) is 2.19. The molecule has 3 rings (SSSR count). The van der Waals surface area contributed by atoms with Crippen molar-refractivity contribution in [3.8, 4) is 0 Å². The predicted octanol–water partition coefficient (Wildman–Crippen LogP) is 3.04. The molecule has 1 fully saturated rings. The van der Waals surface area contributed by atoms with Gasteiger partial charge in [-0.25, -0.2) is 0 Å². The molecule has 1 heterocycles. The Hall–Kier alpha value is -2.37. The molecular weight excluding hydrogens is 276 g/mol. The number of nitrogens with zero attached hydrogens (tertiary/aromatic N) is 4. The van der Waals surface area contributed by atoms with Gasteiger partial charge < -0.3 is 15.5 Å². The molecule has 1 aliphatic rings. The first-order chi connectivity index (χ1) is 10.8. The fourth-order valence-electron chi connectivity index (χ4n) is 2.19. The second-order valence-corrected chi connectivity index (χ2v) is 5.36. The molecule has 2 N–H and O–H groups in total. The maximum atomic E-state index is 4.55. The SMILES string of the molecule is CCN(CC)c1nc(Nc2ccccc2)nc(NC2CC2)n1. The Bertz CT molecular complexity index is 607. The van der Waals surface area contributed by atoms with Gasteiger partial charge in [0.05, 0.1) is 0 Å². The third-order valence-electron chi connectivity index (χ3n) is 3.61. The average molecular weight is 298 g/mol. The molecule has 1 saturated carbocycles. The summed E-state index contributed by atoms with van der Waals surface area (Å²) in [5, 5.41) is 6.61. The first-order valence-corrected chi connectivity index (χ1v) is 7.88. The van der Waals surface area contributed by atoms with Gasteiger partial charge in [-0.1, -0.05) is 18.2 Å². The van der Waals surface area contributed by atoms with E-state index in [1.54, 1.807) is 0 Å². The van der Waals surface area contributed by atoms with Crippen LogP contribution in [0, 0.1) is 0 Å². The Kier molecular flexibility index (Phi) is 4.37. The van der Waals surface area contributed by atoms with Crippen LogP contribution < -0.4 is 15.5 Å². The largest absolute Gasteiger partial charge is 0.351 e. The third-order valence-corrected chi connectivity index (χ3v) is 3.61. The van der Waals surface area contributed by atoms with Gasteiger partial charge in [-0.05, 0) is 38.8 Å². The molecule has 0 amide bonds. The van der Waals surface area contributed by atoms with Gasteiger partial charge in [0.2, 0.25) is 17.8 Å². The standard InChI is InChI=1S/C16H22N6/c1-3-22(4-2)16-20-14(17-12-8-6-5-7-9-12)19-15(21-16)18-13-10-11-13/h5-9,13H,3-4,10-11H2,1-2H3,(H2,17,18,19,20,21). The molecule has 22 heavy (non-hydrogen) atoms. The summed E-state index contributed by atoms with van der Waals surface area (Å²) in [6.45, 7) is 5.94. The summed E-state index contributed by atoms with van der Waals surface area (Å²) in [5.74, 6) is 1.94. The van der Waals surface area contributed by atoms with Crippen molar-refractivity contribution in [3.63, 3.8) is 0 Å². The van der Waals surface area contributed by atoms with Crippen LogP contribution in [0.3, 0.4) is 0 Å². The first kappa shape index (κ1) is 14.6. The highest BCUT2D eigenvalue weighted by molar-refractivity contribution is 5.55. The van der Waals surface area contributed by atoms with E-state index in [1.807, 2.05) is 30.3 Å². The molecule has 1 aromatic carbocycles. The van der Waals surface area contributed by atoms with Crippen molar-refractivity contribution in [2.45, 2.75) is 32.7 Å². The van der Waals surface area contributed by atoms with E-state index in [0.29, 0.717) is 23.9 Å². The van der Waals surface area contributed by atoms with E-state index in [9.17, 15) is 0 Å². The molecule has 0 spiro atoms. The molecule has 0 unspecified atom stereocenters. The summed E-state index contributed by atoms with van der Waals surface area (Å²) in [6, 6.07) is 10.5. The maximum absolute atomic E-state index is 4.55. The lowest BCUT2D eigenvalue weighted by Crippen LogP contribution is -2.25. The van der Waals surface area contributed by atoms with Gasteiger partial charge in [0.1, 0.15) is 0 Å². The number of nitrogens with one attached hydrogen (secondary N) is 2. The summed E-state index contributed by atoms with van der Waals surface area (Å²) in [7, 11) is 0. The van der Waals surface area contributed by atoms with Crippen LogP contribution in [0.5, 0.6) is 0 Å². The van der Waals surface area contributed by atoms with Crippen molar-refractivity contribution in [3.05, 3.63) is 30.3 Å². The van der Waals surface area contributed by atoms with E-state index in [-0.39, 0.29) is 0 Å². The number of rotatable bonds is 7. The number of para-hydroxylation sites is 1. The average Bonchev–Trinajstić information content (AvgIpc) is 3.33. The second kappa shape index (κ2) is 6.60. The minimum absolute atomic E-state index is 0.511. The second-order valence-electron chi connectivity index (χ2n) is 5.36. The van der Waals surface area contributed by atoms with Crippen molar-refractivity contribution in [2.24, 2.45) is 0 Å². The van der Waals surface area contributed by atoms with Crippen LogP contribution in [-0.4, -0.2) is 34.1 Å². The van der Waals surface area contributed by atoms with Gasteiger partial charge in [0.15, 0.2) is 0 Å². The van der Waals surface area contributed by atoms with Gasteiger partial charge in [0.25, 0.3) is 0 Å². The molecule has 6 nitrogen and oxygen atoms in total. The number of anilines is 4. The topological polar surface area (TPSA) is 66.0 Å². The molecule has 1 aliphatic carbocycles. The van der Waals surface area contributed by atoms with E-state index >= 15 is 0 Å². The Labute approximate surface area is 131 Å². The number of hydrogen-bond acceptors (Lipinski definition) is 6. The molecule has 0 bridgehead atoms. The van der Waals surface area contributed by atoms with Crippen LogP contribution >= 0.6 is 0 Å². The molecular formula is C16H22N6. The highest BCUT2D eigenvalue weighted by Gasteiger charge is 2.23. The minimum atomic E-state index is 0.511. The van der Waals surface area contributed by atoms with Crippen molar-refractivity contribution in [1.82, 2.24) is 15.0 Å². The van der Waals surface area contributed by atoms with Gasteiger partial charge in [-0.3, -0.25) is 0 Å². The summed E-state index contributed by atoms with van der Waals surface area (Å²) in [6.07, 6.45) is 2.38. The van der Waals surface area contributed by atoms with Gasteiger partial charge in [-0.2, -0.15) is 15.0 Å². The van der Waals surface area contributed by atoms with E-state index in [0.717, 1.165) is 18.8 Å². The lowest BCUT2D eigenvalue weighted by Gasteiger charge is -2.19. The Morgan fingerprint density at radius 1 is 1.00 bits per heavy atom. The third kappa shape index (κ3) is 3.63. The fraction of sp³-hybridized carbons (Fsp3) is 0.438. The number of aromatic nitrogens is 3. The van der Waals surface area contributed by atoms with Crippen LogP contribution in [0.4, 0.5) is 23.5 Å². The van der Waals surface area contributed by atoms with Crippen molar-refractivity contribution in [1.29, 1.82) is 0 Å². The van der Waals surface area contributed by atoms with E-state index < -0.39 is 0 Å². The summed E-state index contributed by atoms with van der Waals surface area (Å²) < 4.78 is 0. The van der Waals surface area contributed by atoms with Gasteiger partial charge in [0, 0.05) is 24.8 Å². The van der Waals surface area contributed by atoms with Crippen LogP contribution in [0.15, 0.2) is 30.3 Å². The van der Waals surface area contributed by atoms with Crippen LogP contribution in [-0.2, 0) is 0 Å². The normalized spacial score (nSPS) is 13.7. The zero-order valence-electron chi connectivity index (χ0n) is 13.1. The smallest absolute Gasteiger partial charge is 0.233 e. The van der Waals surface area contributed by atoms with Crippen LogP contribution in [0.2, 0.25) is 0 Å². The van der Waals surface area contributed by atoms with Crippen molar-refractivity contribution in [2.75, 3.05) is 28.6 Å². The Balaban J connectivity index is 1.87. The summed E-state index contributed by atoms with van der Waals surface area (Å²) in [5.41, 5.74) is 0.969. The molecule has 6 heteroatoms. The quantitative estimate of drug-likeness (QED) is 0.819. The first-order valence-electron chi connectivity index (χ1n) is 7.88.